The molecule has 0 fully saturated rings. The minimum Gasteiger partial charge on any atom is -0.394 e. The molecule has 108 valence electrons. The first kappa shape index (κ1) is 17.4. The summed E-state index contributed by atoms with van der Waals surface area (Å²) in [6, 6.07) is 0. The van der Waals surface area contributed by atoms with Gasteiger partial charge in [0.1, 0.15) is 36.6 Å². The van der Waals surface area contributed by atoms with Crippen LogP contribution in [0.4, 0.5) is 0 Å². The van der Waals surface area contributed by atoms with Crippen LogP contribution < -0.4 is 0 Å². The Morgan fingerprint density at radius 2 is 1.00 bits per heavy atom. The lowest BCUT2D eigenvalue weighted by Crippen LogP contribution is -2.52. The average molecular weight is 270 g/mol. The van der Waals surface area contributed by atoms with E-state index in [-0.39, 0.29) is 0 Å². The maximum absolute atomic E-state index is 11.4. The molecule has 0 aliphatic rings. The number of rotatable bonds is 8. The van der Waals surface area contributed by atoms with Crippen molar-refractivity contribution < 1.29 is 45.6 Å². The number of carbonyl (C=O) groups is 1. The summed E-state index contributed by atoms with van der Waals surface area (Å²) in [5, 5.41) is 71.9. The molecule has 8 N–H and O–H groups in total. The summed E-state index contributed by atoms with van der Waals surface area (Å²) >= 11 is 0. The Morgan fingerprint density at radius 3 is 1.22 bits per heavy atom. The zero-order chi connectivity index (χ0) is 14.5. The second-order valence-electron chi connectivity index (χ2n) is 3.77. The third-order valence-corrected chi connectivity index (χ3v) is 2.39. The fourth-order valence-electron chi connectivity index (χ4n) is 1.15. The highest BCUT2D eigenvalue weighted by Gasteiger charge is 2.38. The summed E-state index contributed by atoms with van der Waals surface area (Å²) in [5.74, 6) is -1.46. The van der Waals surface area contributed by atoms with Crippen molar-refractivity contribution in [2.75, 3.05) is 13.2 Å². The van der Waals surface area contributed by atoms with Gasteiger partial charge in [-0.25, -0.2) is 0 Å². The van der Waals surface area contributed by atoms with Crippen molar-refractivity contribution in [3.8, 4) is 0 Å². The Hall–Kier alpha value is -0.650. The Morgan fingerprint density at radius 1 is 0.722 bits per heavy atom. The van der Waals surface area contributed by atoms with Crippen LogP contribution in [-0.2, 0) is 4.79 Å². The van der Waals surface area contributed by atoms with Gasteiger partial charge in [-0.3, -0.25) is 4.79 Å². The largest absolute Gasteiger partial charge is 0.394 e. The zero-order valence-electron chi connectivity index (χ0n) is 9.36. The van der Waals surface area contributed by atoms with E-state index >= 15 is 0 Å². The zero-order valence-corrected chi connectivity index (χ0v) is 9.36. The van der Waals surface area contributed by atoms with Gasteiger partial charge in [0, 0.05) is 0 Å². The third-order valence-electron chi connectivity index (χ3n) is 2.39. The van der Waals surface area contributed by atoms with E-state index in [0.717, 1.165) is 0 Å². The predicted octanol–water partition coefficient (Wildman–Crippen LogP) is -5.29. The molecular weight excluding hydrogens is 252 g/mol. The molecule has 0 rings (SSSR count). The lowest BCUT2D eigenvalue weighted by Gasteiger charge is -2.25. The van der Waals surface area contributed by atoms with Crippen molar-refractivity contribution >= 4 is 5.78 Å². The predicted molar refractivity (Wildman–Crippen MR) is 55.2 cm³/mol. The summed E-state index contributed by atoms with van der Waals surface area (Å²) in [7, 11) is 0. The molecule has 0 aliphatic heterocycles. The van der Waals surface area contributed by atoms with Crippen molar-refractivity contribution in [1.29, 1.82) is 0 Å². The van der Waals surface area contributed by atoms with Crippen molar-refractivity contribution in [3.63, 3.8) is 0 Å². The minimum atomic E-state index is -2.26. The van der Waals surface area contributed by atoms with Crippen LogP contribution in [-0.4, -0.2) is 96.5 Å². The molecule has 0 spiro atoms. The second kappa shape index (κ2) is 7.71. The molecule has 0 aromatic rings. The lowest BCUT2D eigenvalue weighted by molar-refractivity contribution is -0.159. The van der Waals surface area contributed by atoms with Crippen molar-refractivity contribution in [3.05, 3.63) is 0 Å². The van der Waals surface area contributed by atoms with Crippen molar-refractivity contribution in [2.24, 2.45) is 0 Å². The van der Waals surface area contributed by atoms with Crippen LogP contribution in [0.25, 0.3) is 0 Å². The first-order valence-corrected chi connectivity index (χ1v) is 5.11. The Balaban J connectivity index is 4.63. The van der Waals surface area contributed by atoms with Gasteiger partial charge in [0.2, 0.25) is 0 Å². The molecule has 9 nitrogen and oxygen atoms in total. The molecule has 6 atom stereocenters. The average Bonchev–Trinajstić information content (AvgIpc) is 2.40. The molecular formula is C9H18O9. The number of aliphatic hydroxyl groups is 8. The van der Waals surface area contributed by atoms with Crippen LogP contribution in [0.1, 0.15) is 0 Å². The summed E-state index contributed by atoms with van der Waals surface area (Å²) < 4.78 is 0. The van der Waals surface area contributed by atoms with E-state index in [9.17, 15) is 25.2 Å². The van der Waals surface area contributed by atoms with Crippen LogP contribution in [0.5, 0.6) is 0 Å². The van der Waals surface area contributed by atoms with E-state index in [1.807, 2.05) is 0 Å². The van der Waals surface area contributed by atoms with Gasteiger partial charge in [0.15, 0.2) is 5.78 Å². The van der Waals surface area contributed by atoms with E-state index in [4.69, 9.17) is 20.4 Å². The Labute approximate surface area is 102 Å². The number of carbonyl (C=O) groups excluding carboxylic acids is 1. The molecule has 9 heteroatoms. The molecule has 0 radical (unpaired) electrons. The smallest absolute Gasteiger partial charge is 0.195 e. The summed E-state index contributed by atoms with van der Waals surface area (Å²) in [6.45, 7) is -1.85. The normalized spacial score (nSPS) is 21.8. The highest BCUT2D eigenvalue weighted by molar-refractivity contribution is 5.88. The quantitative estimate of drug-likeness (QED) is 0.214. The van der Waals surface area contributed by atoms with Crippen molar-refractivity contribution in [2.45, 2.75) is 36.6 Å². The molecule has 0 unspecified atom stereocenters. The molecule has 0 saturated heterocycles. The van der Waals surface area contributed by atoms with Gasteiger partial charge in [-0.15, -0.1) is 0 Å². The standard InChI is InChI=1S/C9H18O9/c10-1-3(12)5(14)7(16)9(18)8(17)6(15)4(13)2-11/h3-8,10-17H,1-2H2/t3-,4+,5+,6-,7-,8-/m0/s1. The minimum absolute atomic E-state index is 0.927. The first-order valence-electron chi connectivity index (χ1n) is 5.11. The maximum atomic E-state index is 11.4. The SMILES string of the molecule is O=C([C@@H](O)[C@@H](O)[C@H](O)CO)[C@@H](O)[C@H](O)[C@@H](O)CO. The van der Waals surface area contributed by atoms with Gasteiger partial charge >= 0.3 is 0 Å². The van der Waals surface area contributed by atoms with Crippen LogP contribution in [0, 0.1) is 0 Å². The third kappa shape index (κ3) is 4.23. The van der Waals surface area contributed by atoms with Gasteiger partial charge in [-0.05, 0) is 0 Å². The van der Waals surface area contributed by atoms with Gasteiger partial charge in [-0.1, -0.05) is 0 Å². The van der Waals surface area contributed by atoms with E-state index in [0.29, 0.717) is 0 Å². The molecule has 0 aromatic carbocycles. The van der Waals surface area contributed by atoms with Crippen LogP contribution in [0.2, 0.25) is 0 Å². The maximum Gasteiger partial charge on any atom is 0.195 e. The summed E-state index contributed by atoms with van der Waals surface area (Å²) in [4.78, 5) is 11.4. The number of Topliss-reactive ketones (excluding diaryl/α,β-unsaturated/α-hetero) is 1. The van der Waals surface area contributed by atoms with Crippen LogP contribution in [0.3, 0.4) is 0 Å². The number of hydrogen-bond donors (Lipinski definition) is 8. The molecule has 0 aromatic heterocycles. The fraction of sp³-hybridized carbons (Fsp3) is 0.889. The summed E-state index contributed by atoms with van der Waals surface area (Å²) in [5.41, 5.74) is 0. The molecule has 0 heterocycles. The summed E-state index contributed by atoms with van der Waals surface area (Å²) in [6.07, 6.45) is -12.3. The fourth-order valence-corrected chi connectivity index (χ4v) is 1.15. The van der Waals surface area contributed by atoms with Gasteiger partial charge in [0.05, 0.1) is 13.2 Å². The highest BCUT2D eigenvalue weighted by atomic mass is 16.4. The second-order valence-corrected chi connectivity index (χ2v) is 3.77. The molecule has 0 saturated carbocycles. The monoisotopic (exact) mass is 270 g/mol. The number of ketones is 1. The van der Waals surface area contributed by atoms with Crippen LogP contribution >= 0.6 is 0 Å². The molecule has 0 bridgehead atoms. The van der Waals surface area contributed by atoms with E-state index < -0.39 is 55.6 Å². The topological polar surface area (TPSA) is 179 Å². The number of aliphatic hydroxyl groups excluding tert-OH is 8. The number of hydrogen-bond acceptors (Lipinski definition) is 9. The molecule has 0 amide bonds. The van der Waals surface area contributed by atoms with Gasteiger partial charge in [0.25, 0.3) is 0 Å². The van der Waals surface area contributed by atoms with Gasteiger partial charge < -0.3 is 40.9 Å². The Bertz CT molecular complexity index is 234. The van der Waals surface area contributed by atoms with E-state index in [2.05, 4.69) is 0 Å². The van der Waals surface area contributed by atoms with Crippen molar-refractivity contribution in [1.82, 2.24) is 0 Å². The highest BCUT2D eigenvalue weighted by Crippen LogP contribution is 2.08. The molecule has 0 aliphatic carbocycles. The van der Waals surface area contributed by atoms with Gasteiger partial charge in [-0.2, -0.15) is 0 Å². The van der Waals surface area contributed by atoms with E-state index in [1.165, 1.54) is 0 Å². The van der Waals surface area contributed by atoms with Crippen LogP contribution in [0.15, 0.2) is 0 Å². The van der Waals surface area contributed by atoms with E-state index in [1.54, 1.807) is 0 Å². The first-order chi connectivity index (χ1) is 8.27. The lowest BCUT2D eigenvalue weighted by atomic mass is 9.96. The molecule has 18 heavy (non-hydrogen) atoms. The Kier molecular flexibility index (Phi) is 7.43.